The van der Waals surface area contributed by atoms with Crippen molar-refractivity contribution in [2.45, 2.75) is 25.4 Å². The predicted molar refractivity (Wildman–Crippen MR) is 66.9 cm³/mol. The van der Waals surface area contributed by atoms with Crippen LogP contribution in [0.1, 0.15) is 22.7 Å². The molecular formula is C13H19NO4. The molecular weight excluding hydrogens is 234 g/mol. The first kappa shape index (κ1) is 13.1. The molecule has 0 unspecified atom stereocenters. The minimum atomic E-state index is -0.375. The van der Waals surface area contributed by atoms with Gasteiger partial charge in [0.25, 0.3) is 0 Å². The summed E-state index contributed by atoms with van der Waals surface area (Å²) in [6.07, 6.45) is 0.626. The Morgan fingerprint density at radius 3 is 2.67 bits per heavy atom. The normalized spacial score (nSPS) is 22.7. The van der Waals surface area contributed by atoms with Crippen LogP contribution in [-0.4, -0.2) is 41.7 Å². The van der Waals surface area contributed by atoms with E-state index in [2.05, 4.69) is 5.32 Å². The van der Waals surface area contributed by atoms with Crippen molar-refractivity contribution in [2.75, 3.05) is 20.3 Å². The summed E-state index contributed by atoms with van der Waals surface area (Å²) in [5.74, 6) is 0.520. The Labute approximate surface area is 106 Å². The molecule has 4 N–H and O–H groups in total. The molecule has 100 valence electrons. The maximum absolute atomic E-state index is 10.2. The Morgan fingerprint density at radius 1 is 1.39 bits per heavy atom. The third-order valence-corrected chi connectivity index (χ3v) is 3.42. The second-order valence-electron chi connectivity index (χ2n) is 4.63. The van der Waals surface area contributed by atoms with Crippen molar-refractivity contribution in [2.24, 2.45) is 0 Å². The molecule has 18 heavy (non-hydrogen) atoms. The third-order valence-electron chi connectivity index (χ3n) is 3.42. The highest BCUT2D eigenvalue weighted by atomic mass is 16.5. The maximum Gasteiger partial charge on any atom is 0.163 e. The van der Waals surface area contributed by atoms with Crippen molar-refractivity contribution in [1.29, 1.82) is 0 Å². The van der Waals surface area contributed by atoms with E-state index in [4.69, 9.17) is 4.74 Å². The van der Waals surface area contributed by atoms with Crippen LogP contribution in [0.15, 0.2) is 6.07 Å². The maximum atomic E-state index is 10.2. The lowest BCUT2D eigenvalue weighted by atomic mass is 9.88. The van der Waals surface area contributed by atoms with E-state index in [-0.39, 0.29) is 31.0 Å². The number of aromatic hydroxyl groups is 1. The zero-order chi connectivity index (χ0) is 13.3. The number of ether oxygens (including phenoxy) is 1. The highest BCUT2D eigenvalue weighted by molar-refractivity contribution is 5.56. The van der Waals surface area contributed by atoms with E-state index in [1.54, 1.807) is 0 Å². The lowest BCUT2D eigenvalue weighted by Crippen LogP contribution is -2.43. The molecule has 1 aromatic carbocycles. The lowest BCUT2D eigenvalue weighted by molar-refractivity contribution is 0.181. The quantitative estimate of drug-likeness (QED) is 0.621. The number of benzene rings is 1. The fourth-order valence-corrected chi connectivity index (χ4v) is 2.63. The van der Waals surface area contributed by atoms with Gasteiger partial charge in [-0.2, -0.15) is 0 Å². The van der Waals surface area contributed by atoms with Gasteiger partial charge in [0, 0.05) is 11.6 Å². The molecule has 0 radical (unpaired) electrons. The average Bonchev–Trinajstić information content (AvgIpc) is 2.37. The molecule has 2 rings (SSSR count). The molecule has 0 saturated heterocycles. The number of fused-ring (bicyclic) bond motifs is 1. The average molecular weight is 253 g/mol. The molecule has 0 aliphatic carbocycles. The second kappa shape index (κ2) is 5.14. The number of phenolic OH excluding ortho intramolecular Hbond substituents is 1. The fraction of sp³-hybridized carbons (Fsp3) is 0.538. The molecule has 5 heteroatoms. The van der Waals surface area contributed by atoms with E-state index in [1.807, 2.05) is 13.0 Å². The standard InChI is InChI=1S/C13H19NO4/c1-7-3-8-4-9(5-15)14-10(6-16)11(8)12(17)13(7)18-2/h3,9-10,14-17H,4-6H2,1-2H3/t9-,10-/m0/s1. The molecule has 0 saturated carbocycles. The van der Waals surface area contributed by atoms with Crippen molar-refractivity contribution in [1.82, 2.24) is 5.32 Å². The molecule has 0 bridgehead atoms. The van der Waals surface area contributed by atoms with Gasteiger partial charge in [-0.3, -0.25) is 0 Å². The van der Waals surface area contributed by atoms with Crippen LogP contribution in [0.5, 0.6) is 11.5 Å². The smallest absolute Gasteiger partial charge is 0.163 e. The van der Waals surface area contributed by atoms with Gasteiger partial charge in [-0.15, -0.1) is 0 Å². The number of methoxy groups -OCH3 is 1. The first-order valence-corrected chi connectivity index (χ1v) is 5.99. The Hall–Kier alpha value is -1.30. The number of aliphatic hydroxyl groups excluding tert-OH is 2. The minimum absolute atomic E-state index is 0.00176. The van der Waals surface area contributed by atoms with Crippen LogP contribution in [0.25, 0.3) is 0 Å². The van der Waals surface area contributed by atoms with Gasteiger partial charge in [-0.25, -0.2) is 0 Å². The number of aryl methyl sites for hydroxylation is 1. The summed E-state index contributed by atoms with van der Waals surface area (Å²) in [5.41, 5.74) is 2.47. The van der Waals surface area contributed by atoms with E-state index in [0.29, 0.717) is 17.7 Å². The molecule has 0 fully saturated rings. The molecule has 1 aliphatic rings. The van der Waals surface area contributed by atoms with E-state index in [1.165, 1.54) is 7.11 Å². The number of aliphatic hydroxyl groups is 2. The molecule has 0 amide bonds. The molecule has 5 nitrogen and oxygen atoms in total. The van der Waals surface area contributed by atoms with Gasteiger partial charge in [-0.05, 0) is 24.5 Å². The largest absolute Gasteiger partial charge is 0.504 e. The van der Waals surface area contributed by atoms with E-state index in [0.717, 1.165) is 11.1 Å². The highest BCUT2D eigenvalue weighted by Gasteiger charge is 2.30. The van der Waals surface area contributed by atoms with Gasteiger partial charge in [0.15, 0.2) is 11.5 Å². The fourth-order valence-electron chi connectivity index (χ4n) is 2.63. The number of nitrogens with one attached hydrogen (secondary N) is 1. The first-order chi connectivity index (χ1) is 8.62. The summed E-state index contributed by atoms with van der Waals surface area (Å²) >= 11 is 0. The van der Waals surface area contributed by atoms with E-state index < -0.39 is 0 Å². The summed E-state index contributed by atoms with van der Waals surface area (Å²) in [6.45, 7) is 1.73. The zero-order valence-corrected chi connectivity index (χ0v) is 10.6. The van der Waals surface area contributed by atoms with Crippen LogP contribution in [0.2, 0.25) is 0 Å². The Morgan fingerprint density at radius 2 is 2.11 bits per heavy atom. The van der Waals surface area contributed by atoms with Crippen LogP contribution >= 0.6 is 0 Å². The van der Waals surface area contributed by atoms with Gasteiger partial charge in [-0.1, -0.05) is 6.07 Å². The summed E-state index contributed by atoms with van der Waals surface area (Å²) in [6, 6.07) is 1.47. The molecule has 0 aromatic heterocycles. The summed E-state index contributed by atoms with van der Waals surface area (Å²) in [7, 11) is 1.51. The van der Waals surface area contributed by atoms with Crippen LogP contribution in [0.4, 0.5) is 0 Å². The van der Waals surface area contributed by atoms with Crippen LogP contribution < -0.4 is 10.1 Å². The van der Waals surface area contributed by atoms with Crippen molar-refractivity contribution in [3.63, 3.8) is 0 Å². The van der Waals surface area contributed by atoms with Crippen LogP contribution in [0.3, 0.4) is 0 Å². The third kappa shape index (κ3) is 2.05. The summed E-state index contributed by atoms with van der Waals surface area (Å²) in [5, 5.41) is 32.0. The minimum Gasteiger partial charge on any atom is -0.504 e. The van der Waals surface area contributed by atoms with E-state index in [9.17, 15) is 15.3 Å². The topological polar surface area (TPSA) is 82.0 Å². The predicted octanol–water partition coefficient (Wildman–Crippen LogP) is 0.249. The van der Waals surface area contributed by atoms with Gasteiger partial charge in [0.2, 0.25) is 0 Å². The summed E-state index contributed by atoms with van der Waals surface area (Å²) < 4.78 is 5.18. The summed E-state index contributed by atoms with van der Waals surface area (Å²) in [4.78, 5) is 0. The number of hydrogen-bond acceptors (Lipinski definition) is 5. The Balaban J connectivity index is 2.54. The monoisotopic (exact) mass is 253 g/mol. The van der Waals surface area contributed by atoms with Crippen molar-refractivity contribution < 1.29 is 20.1 Å². The van der Waals surface area contributed by atoms with Crippen molar-refractivity contribution in [3.8, 4) is 11.5 Å². The van der Waals surface area contributed by atoms with Gasteiger partial charge in [0.05, 0.1) is 26.4 Å². The van der Waals surface area contributed by atoms with Gasteiger partial charge in [0.1, 0.15) is 0 Å². The number of phenols is 1. The Kier molecular flexibility index (Phi) is 3.75. The molecule has 1 aliphatic heterocycles. The van der Waals surface area contributed by atoms with Crippen LogP contribution in [0, 0.1) is 6.92 Å². The molecule has 1 heterocycles. The van der Waals surface area contributed by atoms with E-state index >= 15 is 0 Å². The number of hydrogen-bond donors (Lipinski definition) is 4. The second-order valence-corrected chi connectivity index (χ2v) is 4.63. The van der Waals surface area contributed by atoms with Crippen molar-refractivity contribution >= 4 is 0 Å². The molecule has 0 spiro atoms. The van der Waals surface area contributed by atoms with Gasteiger partial charge >= 0.3 is 0 Å². The zero-order valence-electron chi connectivity index (χ0n) is 10.6. The first-order valence-electron chi connectivity index (χ1n) is 5.99. The van der Waals surface area contributed by atoms with Crippen molar-refractivity contribution in [3.05, 3.63) is 22.8 Å². The highest BCUT2D eigenvalue weighted by Crippen LogP contribution is 2.41. The molecule has 2 atom stereocenters. The van der Waals surface area contributed by atoms with Gasteiger partial charge < -0.3 is 25.4 Å². The Bertz CT molecular complexity index is 447. The number of rotatable bonds is 3. The van der Waals surface area contributed by atoms with Crippen LogP contribution in [-0.2, 0) is 6.42 Å². The SMILES string of the molecule is COc1c(C)cc2c(c1O)[C@H](CO)N[C@H](CO)C2. The molecule has 1 aromatic rings. The lowest BCUT2D eigenvalue weighted by Gasteiger charge is -2.32.